The summed E-state index contributed by atoms with van der Waals surface area (Å²) >= 11 is 0. The molecule has 0 aromatic rings. The Bertz CT molecular complexity index is 232. The Morgan fingerprint density at radius 3 is 3.00 bits per heavy atom. The minimum atomic E-state index is -0.755. The van der Waals surface area contributed by atoms with Crippen LogP contribution in [0.25, 0.3) is 0 Å². The summed E-state index contributed by atoms with van der Waals surface area (Å²) in [6.45, 7) is 0. The van der Waals surface area contributed by atoms with Crippen LogP contribution in [0.4, 0.5) is 0 Å². The average molecular weight is 197 g/mol. The molecule has 4 nitrogen and oxygen atoms in total. The molecule has 1 aliphatic rings. The lowest BCUT2D eigenvalue weighted by molar-refractivity contribution is -0.137. The molecule has 0 aliphatic carbocycles. The molecule has 78 valence electrons. The van der Waals surface area contributed by atoms with E-state index in [2.05, 4.69) is 0 Å². The third kappa shape index (κ3) is 3.05. The lowest BCUT2D eigenvalue weighted by atomic mass is 9.94. The van der Waals surface area contributed by atoms with Crippen molar-refractivity contribution in [3.63, 3.8) is 0 Å². The van der Waals surface area contributed by atoms with E-state index >= 15 is 0 Å². The first kappa shape index (κ1) is 11.1. The minimum Gasteiger partial charge on any atom is -0.481 e. The number of hydrogen-bond donors (Lipinski definition) is 1. The van der Waals surface area contributed by atoms with Crippen molar-refractivity contribution in [3.8, 4) is 0 Å². The lowest BCUT2D eigenvalue weighted by Crippen LogP contribution is -2.41. The maximum atomic E-state index is 11.3. The van der Waals surface area contributed by atoms with E-state index in [9.17, 15) is 9.59 Å². The zero-order valence-electron chi connectivity index (χ0n) is 8.53. The number of hydrogen-bond acceptors (Lipinski definition) is 2. The highest BCUT2D eigenvalue weighted by atomic mass is 16.4. The maximum absolute atomic E-state index is 11.3. The summed E-state index contributed by atoms with van der Waals surface area (Å²) in [6, 6.07) is 0.260. The molecule has 0 spiro atoms. The molecule has 1 aliphatic heterocycles. The summed E-state index contributed by atoms with van der Waals surface area (Å²) in [5.41, 5.74) is 0. The number of carboxylic acid groups (broad SMARTS) is 1. The molecule has 1 N–H and O–H groups in total. The normalized spacial score (nSPS) is 22.4. The molecule has 0 radical (unpaired) electrons. The number of carboxylic acids is 1. The molecule has 5 heteroatoms. The monoisotopic (exact) mass is 197 g/mol. The van der Waals surface area contributed by atoms with E-state index in [0.29, 0.717) is 12.8 Å². The number of carbonyl (C=O) groups excluding carboxylic acids is 1. The molecule has 1 amide bonds. The fraction of sp³-hybridized carbons (Fsp3) is 0.778. The quantitative estimate of drug-likeness (QED) is 0.653. The van der Waals surface area contributed by atoms with Crippen molar-refractivity contribution in [2.75, 3.05) is 0 Å². The highest BCUT2D eigenvalue weighted by Gasteiger charge is 2.23. The van der Waals surface area contributed by atoms with Gasteiger partial charge in [0.25, 0.3) is 0 Å². The first-order valence-corrected chi connectivity index (χ1v) is 5.08. The Morgan fingerprint density at radius 1 is 1.64 bits per heavy atom. The van der Waals surface area contributed by atoms with Gasteiger partial charge in [-0.2, -0.15) is 0 Å². The Balaban J connectivity index is 2.29. The number of nitrogens with zero attached hydrogens (tertiary/aromatic N) is 1. The van der Waals surface area contributed by atoms with Crippen molar-refractivity contribution < 1.29 is 14.7 Å². The van der Waals surface area contributed by atoms with Crippen LogP contribution in [0, 0.1) is 0 Å². The van der Waals surface area contributed by atoms with Crippen LogP contribution in [-0.4, -0.2) is 35.8 Å². The van der Waals surface area contributed by atoms with E-state index < -0.39 is 5.97 Å². The number of aliphatic carboxylic acids is 1. The number of carbonyl (C=O) groups is 2. The van der Waals surface area contributed by atoms with Gasteiger partial charge in [-0.15, -0.1) is 0 Å². The van der Waals surface area contributed by atoms with Gasteiger partial charge in [-0.05, 0) is 25.7 Å². The van der Waals surface area contributed by atoms with Gasteiger partial charge in [0.05, 0.1) is 0 Å². The molecule has 1 unspecified atom stereocenters. The van der Waals surface area contributed by atoms with E-state index in [1.807, 2.05) is 7.98 Å². The van der Waals surface area contributed by atoms with E-state index in [1.54, 1.807) is 4.81 Å². The smallest absolute Gasteiger partial charge is 0.303 e. The van der Waals surface area contributed by atoms with Gasteiger partial charge < -0.3 is 9.92 Å². The molecule has 1 saturated heterocycles. The number of rotatable bonds is 4. The summed E-state index contributed by atoms with van der Waals surface area (Å²) in [6.07, 6.45) is 4.29. The molecule has 0 bridgehead atoms. The SMILES string of the molecule is BN1C(=O)CCCC1CCCC(=O)O. The Hall–Kier alpha value is -0.995. The highest BCUT2D eigenvalue weighted by molar-refractivity contribution is 6.14. The summed E-state index contributed by atoms with van der Waals surface area (Å²) < 4.78 is 0. The molecule has 1 rings (SSSR count). The van der Waals surface area contributed by atoms with Gasteiger partial charge in [0.1, 0.15) is 0 Å². The fourth-order valence-electron chi connectivity index (χ4n) is 1.89. The van der Waals surface area contributed by atoms with Crippen LogP contribution in [0.2, 0.25) is 0 Å². The largest absolute Gasteiger partial charge is 0.481 e. The molecule has 14 heavy (non-hydrogen) atoms. The summed E-state index contributed by atoms with van der Waals surface area (Å²) in [5, 5.41) is 8.48. The van der Waals surface area contributed by atoms with Crippen LogP contribution in [-0.2, 0) is 9.59 Å². The van der Waals surface area contributed by atoms with Crippen molar-refractivity contribution in [3.05, 3.63) is 0 Å². The van der Waals surface area contributed by atoms with E-state index in [4.69, 9.17) is 5.11 Å². The lowest BCUT2D eigenvalue weighted by Gasteiger charge is -2.33. The van der Waals surface area contributed by atoms with Crippen LogP contribution < -0.4 is 0 Å². The van der Waals surface area contributed by atoms with Gasteiger partial charge in [-0.1, -0.05) is 0 Å². The predicted molar refractivity (Wildman–Crippen MR) is 54.5 cm³/mol. The third-order valence-electron chi connectivity index (χ3n) is 2.80. The maximum Gasteiger partial charge on any atom is 0.303 e. The second-order valence-electron chi connectivity index (χ2n) is 3.84. The Morgan fingerprint density at radius 2 is 2.36 bits per heavy atom. The third-order valence-corrected chi connectivity index (χ3v) is 2.80. The van der Waals surface area contributed by atoms with Crippen molar-refractivity contribution in [2.24, 2.45) is 0 Å². The van der Waals surface area contributed by atoms with Crippen LogP contribution in [0.15, 0.2) is 0 Å². The highest BCUT2D eigenvalue weighted by Crippen LogP contribution is 2.20. The average Bonchev–Trinajstić information content (AvgIpc) is 2.12. The fourth-order valence-corrected chi connectivity index (χ4v) is 1.89. The molecule has 1 atom stereocenters. The van der Waals surface area contributed by atoms with Crippen molar-refractivity contribution in [1.82, 2.24) is 4.81 Å². The van der Waals surface area contributed by atoms with Crippen molar-refractivity contribution in [2.45, 2.75) is 44.6 Å². The summed E-state index contributed by atoms with van der Waals surface area (Å²) in [4.78, 5) is 23.4. The van der Waals surface area contributed by atoms with Gasteiger partial charge in [-0.25, -0.2) is 0 Å². The van der Waals surface area contributed by atoms with Gasteiger partial charge in [0.2, 0.25) is 13.9 Å². The van der Waals surface area contributed by atoms with E-state index in [-0.39, 0.29) is 18.4 Å². The summed E-state index contributed by atoms with van der Waals surface area (Å²) in [5.74, 6) is -0.564. The molecular weight excluding hydrogens is 181 g/mol. The topological polar surface area (TPSA) is 57.6 Å². The second kappa shape index (κ2) is 5.03. The van der Waals surface area contributed by atoms with Crippen LogP contribution >= 0.6 is 0 Å². The van der Waals surface area contributed by atoms with Crippen molar-refractivity contribution >= 4 is 19.9 Å². The molecule has 0 aromatic heterocycles. The Labute approximate surface area is 84.7 Å². The zero-order chi connectivity index (χ0) is 10.6. The van der Waals surface area contributed by atoms with Gasteiger partial charge in [0.15, 0.2) is 0 Å². The molecule has 0 saturated carbocycles. The van der Waals surface area contributed by atoms with Gasteiger partial charge in [0, 0.05) is 18.9 Å². The first-order valence-electron chi connectivity index (χ1n) is 5.08. The van der Waals surface area contributed by atoms with Gasteiger partial charge in [-0.3, -0.25) is 9.59 Å². The van der Waals surface area contributed by atoms with Crippen molar-refractivity contribution in [1.29, 1.82) is 0 Å². The van der Waals surface area contributed by atoms with Gasteiger partial charge >= 0.3 is 5.97 Å². The number of amides is 1. The minimum absolute atomic E-state index is 0.191. The second-order valence-corrected chi connectivity index (χ2v) is 3.84. The molecule has 0 aromatic carbocycles. The first-order chi connectivity index (χ1) is 6.61. The standard InChI is InChI=1S/C9H16BNO3/c10-11-7(3-1-5-8(11)12)4-2-6-9(13)14/h7H,1-6,10H2,(H,13,14). The Kier molecular flexibility index (Phi) is 3.98. The van der Waals surface area contributed by atoms with Crippen LogP contribution in [0.1, 0.15) is 38.5 Å². The zero-order valence-corrected chi connectivity index (χ0v) is 8.53. The van der Waals surface area contributed by atoms with E-state index in [0.717, 1.165) is 19.3 Å². The predicted octanol–water partition coefficient (Wildman–Crippen LogP) is 0.170. The van der Waals surface area contributed by atoms with E-state index in [1.165, 1.54) is 0 Å². The van der Waals surface area contributed by atoms with Crippen LogP contribution in [0.5, 0.6) is 0 Å². The molecular formula is C9H16BNO3. The molecule has 1 fully saturated rings. The number of piperidine rings is 1. The summed E-state index contributed by atoms with van der Waals surface area (Å²) in [7, 11) is 1.81. The molecule has 1 heterocycles. The van der Waals surface area contributed by atoms with Crippen LogP contribution in [0.3, 0.4) is 0 Å².